The van der Waals surface area contributed by atoms with Gasteiger partial charge in [0.15, 0.2) is 0 Å². The van der Waals surface area contributed by atoms with Crippen molar-refractivity contribution < 1.29 is 0 Å². The zero-order valence-electron chi connectivity index (χ0n) is 8.92. The van der Waals surface area contributed by atoms with Crippen LogP contribution in [0, 0.1) is 0 Å². The summed E-state index contributed by atoms with van der Waals surface area (Å²) in [6.07, 6.45) is 12.5. The molecule has 0 nitrogen and oxygen atoms in total. The van der Waals surface area contributed by atoms with Gasteiger partial charge in [0, 0.05) is 0 Å². The average molecular weight is 195 g/mol. The fourth-order valence-corrected chi connectivity index (χ4v) is 2.51. The Morgan fingerprint density at radius 3 is 2.53 bits per heavy atom. The molecule has 15 heavy (non-hydrogen) atoms. The number of fused-ring (bicyclic) bond motifs is 1. The van der Waals surface area contributed by atoms with Gasteiger partial charge in [-0.05, 0) is 53.8 Å². The summed E-state index contributed by atoms with van der Waals surface area (Å²) in [5, 5.41) is 2.61. The van der Waals surface area contributed by atoms with E-state index < -0.39 is 0 Å². The molecule has 0 atom stereocenters. The second kappa shape index (κ2) is 3.69. The van der Waals surface area contributed by atoms with Crippen molar-refractivity contribution in [1.29, 1.82) is 0 Å². The molecule has 2 aliphatic carbocycles. The summed E-state index contributed by atoms with van der Waals surface area (Å²) in [5.41, 5.74) is 2.99. The molecule has 0 saturated heterocycles. The van der Waals surface area contributed by atoms with E-state index in [1.54, 1.807) is 5.57 Å². The molecule has 0 heterocycles. The molecule has 0 amide bonds. The first-order valence-corrected chi connectivity index (χ1v) is 5.86. The molecular formula is C15H15. The molecule has 0 aromatic heterocycles. The molecule has 0 unspecified atom stereocenters. The van der Waals surface area contributed by atoms with E-state index in [0.29, 0.717) is 0 Å². The molecule has 1 aromatic carbocycles. The molecule has 3 rings (SSSR count). The summed E-state index contributed by atoms with van der Waals surface area (Å²) in [5.74, 6) is 0. The fraction of sp³-hybridized carbons (Fsp3) is 0.333. The monoisotopic (exact) mass is 195 g/mol. The lowest BCUT2D eigenvalue weighted by Crippen LogP contribution is -2.19. The molecule has 1 fully saturated rings. The molecule has 0 N–H and O–H groups in total. The highest BCUT2D eigenvalue weighted by Crippen LogP contribution is 2.27. The molecule has 0 spiro atoms. The molecule has 1 radical (unpaired) electrons. The topological polar surface area (TPSA) is 0 Å². The quantitative estimate of drug-likeness (QED) is 0.596. The highest BCUT2D eigenvalue weighted by atomic mass is 14.1. The first kappa shape index (κ1) is 8.96. The minimum atomic E-state index is 1.27. The molecule has 2 aliphatic rings. The van der Waals surface area contributed by atoms with Gasteiger partial charge in [0.25, 0.3) is 0 Å². The molecule has 0 bridgehead atoms. The van der Waals surface area contributed by atoms with Crippen LogP contribution in [0.4, 0.5) is 0 Å². The van der Waals surface area contributed by atoms with E-state index in [9.17, 15) is 0 Å². The Hall–Kier alpha value is -1.30. The highest BCUT2D eigenvalue weighted by Gasteiger charge is 2.10. The van der Waals surface area contributed by atoms with Crippen molar-refractivity contribution in [3.05, 3.63) is 45.8 Å². The second-order valence-corrected chi connectivity index (χ2v) is 4.43. The number of benzene rings is 1. The Balaban J connectivity index is 2.09. The van der Waals surface area contributed by atoms with Crippen molar-refractivity contribution in [2.24, 2.45) is 0 Å². The van der Waals surface area contributed by atoms with Crippen molar-refractivity contribution >= 4 is 12.2 Å². The lowest BCUT2D eigenvalue weighted by Gasteiger charge is -2.14. The summed E-state index contributed by atoms with van der Waals surface area (Å²) in [7, 11) is 0. The van der Waals surface area contributed by atoms with Gasteiger partial charge in [0.1, 0.15) is 0 Å². The van der Waals surface area contributed by atoms with Gasteiger partial charge >= 0.3 is 0 Å². The van der Waals surface area contributed by atoms with Gasteiger partial charge in [-0.1, -0.05) is 36.3 Å². The third-order valence-corrected chi connectivity index (χ3v) is 3.37. The van der Waals surface area contributed by atoms with Crippen molar-refractivity contribution in [1.82, 2.24) is 0 Å². The Kier molecular flexibility index (Phi) is 2.21. The van der Waals surface area contributed by atoms with Gasteiger partial charge in [-0.3, -0.25) is 0 Å². The number of allylic oxidation sites excluding steroid dienone is 2. The van der Waals surface area contributed by atoms with Gasteiger partial charge < -0.3 is 0 Å². The van der Waals surface area contributed by atoms with Crippen molar-refractivity contribution in [2.45, 2.75) is 32.1 Å². The maximum atomic E-state index is 3.53. The van der Waals surface area contributed by atoms with E-state index >= 15 is 0 Å². The fourth-order valence-electron chi connectivity index (χ4n) is 2.51. The van der Waals surface area contributed by atoms with Gasteiger partial charge in [0.2, 0.25) is 0 Å². The largest absolute Gasteiger partial charge is 0.0623 e. The first-order chi connectivity index (χ1) is 7.43. The number of hydrogen-bond donors (Lipinski definition) is 0. The highest BCUT2D eigenvalue weighted by molar-refractivity contribution is 5.73. The maximum Gasteiger partial charge on any atom is -0.00208 e. The third kappa shape index (κ3) is 1.65. The Morgan fingerprint density at radius 2 is 1.73 bits per heavy atom. The van der Waals surface area contributed by atoms with Crippen LogP contribution in [-0.2, 0) is 0 Å². The van der Waals surface area contributed by atoms with Gasteiger partial charge in [-0.15, -0.1) is 0 Å². The first-order valence-electron chi connectivity index (χ1n) is 5.86. The van der Waals surface area contributed by atoms with Crippen LogP contribution in [0.15, 0.2) is 35.4 Å². The minimum Gasteiger partial charge on any atom is -0.0623 e. The summed E-state index contributed by atoms with van der Waals surface area (Å²) < 4.78 is 0. The smallest absolute Gasteiger partial charge is 0.00208 e. The lowest BCUT2D eigenvalue weighted by molar-refractivity contribution is 0.598. The summed E-state index contributed by atoms with van der Waals surface area (Å²) in [6, 6.07) is 8.53. The van der Waals surface area contributed by atoms with E-state index in [2.05, 4.69) is 36.4 Å². The Morgan fingerprint density at radius 1 is 0.933 bits per heavy atom. The van der Waals surface area contributed by atoms with E-state index in [-0.39, 0.29) is 0 Å². The normalized spacial score (nSPS) is 19.5. The van der Waals surface area contributed by atoms with Gasteiger partial charge in [-0.2, -0.15) is 0 Å². The lowest BCUT2D eigenvalue weighted by atomic mass is 9.91. The predicted molar refractivity (Wildman–Crippen MR) is 63.7 cm³/mol. The summed E-state index contributed by atoms with van der Waals surface area (Å²) >= 11 is 0. The molecule has 75 valence electrons. The van der Waals surface area contributed by atoms with Crippen LogP contribution >= 0.6 is 0 Å². The maximum absolute atomic E-state index is 3.53. The van der Waals surface area contributed by atoms with Crippen LogP contribution < -0.4 is 10.4 Å². The van der Waals surface area contributed by atoms with Crippen LogP contribution in [0.3, 0.4) is 0 Å². The number of rotatable bonds is 0. The van der Waals surface area contributed by atoms with Crippen LogP contribution in [0.1, 0.15) is 32.1 Å². The standard InChI is InChI=1S/C15H15/c1-2-6-12(7-3-1)15-10-13-8-4-5-9-14(13)11-15/h4-5,8-10H,1-3,6-7H2. The molecule has 0 aliphatic heterocycles. The van der Waals surface area contributed by atoms with Gasteiger partial charge in [0.05, 0.1) is 0 Å². The van der Waals surface area contributed by atoms with Crippen LogP contribution in [0.5, 0.6) is 0 Å². The third-order valence-electron chi connectivity index (χ3n) is 3.37. The Labute approximate surface area is 90.6 Å². The molecule has 1 saturated carbocycles. The van der Waals surface area contributed by atoms with Crippen molar-refractivity contribution in [3.8, 4) is 0 Å². The van der Waals surface area contributed by atoms with E-state index in [4.69, 9.17) is 0 Å². The second-order valence-electron chi connectivity index (χ2n) is 4.43. The zero-order chi connectivity index (χ0) is 10.1. The van der Waals surface area contributed by atoms with Crippen LogP contribution in [0.2, 0.25) is 0 Å². The van der Waals surface area contributed by atoms with Crippen molar-refractivity contribution in [3.63, 3.8) is 0 Å². The molecule has 0 heteroatoms. The molecular weight excluding hydrogens is 180 g/mol. The van der Waals surface area contributed by atoms with Crippen LogP contribution in [0.25, 0.3) is 12.2 Å². The van der Waals surface area contributed by atoms with Crippen molar-refractivity contribution in [2.75, 3.05) is 0 Å². The van der Waals surface area contributed by atoms with E-state index in [0.717, 1.165) is 0 Å². The molecule has 1 aromatic rings. The SMILES string of the molecule is [C]1=c2ccccc2=CC1=C1CCCCC1. The van der Waals surface area contributed by atoms with E-state index in [1.807, 2.05) is 0 Å². The van der Waals surface area contributed by atoms with Crippen LogP contribution in [-0.4, -0.2) is 0 Å². The summed E-state index contributed by atoms with van der Waals surface area (Å²) in [6.45, 7) is 0. The number of hydrogen-bond acceptors (Lipinski definition) is 0. The Bertz CT molecular complexity index is 472. The predicted octanol–water partition coefficient (Wildman–Crippen LogP) is 2.40. The van der Waals surface area contributed by atoms with E-state index in [1.165, 1.54) is 48.1 Å². The summed E-state index contributed by atoms with van der Waals surface area (Å²) in [4.78, 5) is 0. The average Bonchev–Trinajstić information content (AvgIpc) is 2.74. The van der Waals surface area contributed by atoms with Gasteiger partial charge in [-0.25, -0.2) is 0 Å². The zero-order valence-corrected chi connectivity index (χ0v) is 8.92. The minimum absolute atomic E-state index is 1.27.